The highest BCUT2D eigenvalue weighted by Gasteiger charge is 2.20. The van der Waals surface area contributed by atoms with Crippen molar-refractivity contribution in [2.45, 2.75) is 13.8 Å². The van der Waals surface area contributed by atoms with Crippen LogP contribution in [0.4, 0.5) is 27.1 Å². The van der Waals surface area contributed by atoms with Gasteiger partial charge in [0.2, 0.25) is 0 Å². The highest BCUT2D eigenvalue weighted by Crippen LogP contribution is 2.35. The lowest BCUT2D eigenvalue weighted by molar-refractivity contribution is -0.383. The normalized spacial score (nSPS) is 10.2. The van der Waals surface area contributed by atoms with E-state index >= 15 is 0 Å². The molecule has 2 rings (SSSR count). The molecule has 0 radical (unpaired) electrons. The van der Waals surface area contributed by atoms with E-state index in [-0.39, 0.29) is 17.1 Å². The molecule has 0 bridgehead atoms. The Balaban J connectivity index is 2.46. The molecular weight excluding hydrogens is 273 g/mol. The van der Waals surface area contributed by atoms with Crippen LogP contribution in [0.25, 0.3) is 0 Å². The maximum Gasteiger partial charge on any atom is 0.315 e. The molecule has 6 heteroatoms. The van der Waals surface area contributed by atoms with Gasteiger partial charge in [0.1, 0.15) is 17.2 Å². The number of nitro benzene ring substituents is 1. The molecule has 0 aromatic heterocycles. The largest absolute Gasteiger partial charge is 0.380 e. The zero-order chi connectivity index (χ0) is 15.4. The van der Waals surface area contributed by atoms with Crippen molar-refractivity contribution >= 4 is 22.7 Å². The van der Waals surface area contributed by atoms with Crippen LogP contribution in [-0.4, -0.2) is 11.5 Å². The molecule has 0 atom stereocenters. The van der Waals surface area contributed by atoms with E-state index in [2.05, 4.69) is 10.6 Å². The van der Waals surface area contributed by atoms with Crippen molar-refractivity contribution in [3.63, 3.8) is 0 Å². The molecule has 0 aliphatic heterocycles. The average molecular weight is 289 g/mol. The van der Waals surface area contributed by atoms with Gasteiger partial charge in [0.05, 0.1) is 10.6 Å². The summed E-state index contributed by atoms with van der Waals surface area (Å²) in [6.45, 7) is 4.24. The van der Waals surface area contributed by atoms with Gasteiger partial charge in [0.25, 0.3) is 0 Å². The van der Waals surface area contributed by atoms with Crippen LogP contribution in [0.5, 0.6) is 0 Å². The molecule has 0 saturated carbocycles. The van der Waals surface area contributed by atoms with Crippen molar-refractivity contribution in [1.29, 1.82) is 0 Å². The Morgan fingerprint density at radius 1 is 1.19 bits per heavy atom. The molecule has 0 amide bonds. The Labute approximate surface area is 122 Å². The summed E-state index contributed by atoms with van der Waals surface area (Å²) in [5.74, 6) is -0.455. The summed E-state index contributed by atoms with van der Waals surface area (Å²) in [5, 5.41) is 17.0. The zero-order valence-corrected chi connectivity index (χ0v) is 11.8. The lowest BCUT2D eigenvalue weighted by Gasteiger charge is -2.12. The molecule has 2 aromatic carbocycles. The monoisotopic (exact) mass is 289 g/mol. The first-order valence-electron chi connectivity index (χ1n) is 6.57. The molecule has 0 unspecified atom stereocenters. The van der Waals surface area contributed by atoms with E-state index in [0.29, 0.717) is 12.2 Å². The fourth-order valence-electron chi connectivity index (χ4n) is 2.05. The molecule has 0 saturated heterocycles. The summed E-state index contributed by atoms with van der Waals surface area (Å²) in [6, 6.07) is 9.45. The number of anilines is 3. The maximum absolute atomic E-state index is 13.8. The molecular formula is C15H16FN3O2. The van der Waals surface area contributed by atoms with Gasteiger partial charge in [-0.1, -0.05) is 12.1 Å². The molecule has 21 heavy (non-hydrogen) atoms. The third-order valence-electron chi connectivity index (χ3n) is 2.98. The van der Waals surface area contributed by atoms with Crippen LogP contribution >= 0.6 is 0 Å². The maximum atomic E-state index is 13.8. The van der Waals surface area contributed by atoms with Gasteiger partial charge in [-0.25, -0.2) is 4.39 Å². The number of aryl methyl sites for hydroxylation is 1. The van der Waals surface area contributed by atoms with Crippen LogP contribution < -0.4 is 10.6 Å². The summed E-state index contributed by atoms with van der Waals surface area (Å²) in [7, 11) is 0. The van der Waals surface area contributed by atoms with Crippen LogP contribution in [-0.2, 0) is 0 Å². The second-order valence-corrected chi connectivity index (χ2v) is 4.60. The van der Waals surface area contributed by atoms with Gasteiger partial charge in [-0.05, 0) is 43.7 Å². The van der Waals surface area contributed by atoms with Crippen molar-refractivity contribution in [3.05, 3.63) is 57.9 Å². The molecule has 0 aliphatic rings. The molecule has 0 heterocycles. The van der Waals surface area contributed by atoms with Crippen molar-refractivity contribution in [3.8, 4) is 0 Å². The van der Waals surface area contributed by atoms with Crippen molar-refractivity contribution in [2.75, 3.05) is 17.2 Å². The van der Waals surface area contributed by atoms with Gasteiger partial charge in [-0.2, -0.15) is 0 Å². The van der Waals surface area contributed by atoms with Gasteiger partial charge in [0, 0.05) is 6.54 Å². The lowest BCUT2D eigenvalue weighted by Crippen LogP contribution is -2.04. The highest BCUT2D eigenvalue weighted by molar-refractivity contribution is 5.79. The lowest BCUT2D eigenvalue weighted by atomic mass is 10.2. The smallest absolute Gasteiger partial charge is 0.315 e. The Kier molecular flexibility index (Phi) is 4.37. The SMILES string of the molecule is CCNc1cccc(Nc2cc(C)ccc2F)c1[N+](=O)[O-]. The first-order chi connectivity index (χ1) is 10.0. The number of hydrogen-bond acceptors (Lipinski definition) is 4. The van der Waals surface area contributed by atoms with E-state index in [4.69, 9.17) is 0 Å². The minimum atomic E-state index is -0.478. The molecule has 5 nitrogen and oxygen atoms in total. The zero-order valence-electron chi connectivity index (χ0n) is 11.8. The number of nitro groups is 1. The van der Waals surface area contributed by atoms with Crippen molar-refractivity contribution in [2.24, 2.45) is 0 Å². The van der Waals surface area contributed by atoms with Gasteiger partial charge in [0.15, 0.2) is 0 Å². The first kappa shape index (κ1) is 14.8. The second kappa shape index (κ2) is 6.21. The number of rotatable bonds is 5. The van der Waals surface area contributed by atoms with Crippen molar-refractivity contribution in [1.82, 2.24) is 0 Å². The quantitative estimate of drug-likeness (QED) is 0.639. The second-order valence-electron chi connectivity index (χ2n) is 4.60. The Bertz CT molecular complexity index is 674. The van der Waals surface area contributed by atoms with Crippen LogP contribution in [0, 0.1) is 22.9 Å². The third-order valence-corrected chi connectivity index (χ3v) is 2.98. The Morgan fingerprint density at radius 2 is 1.90 bits per heavy atom. The van der Waals surface area contributed by atoms with Crippen molar-refractivity contribution < 1.29 is 9.31 Å². The summed E-state index contributed by atoms with van der Waals surface area (Å²) in [4.78, 5) is 10.8. The summed E-state index contributed by atoms with van der Waals surface area (Å²) < 4.78 is 13.8. The minimum Gasteiger partial charge on any atom is -0.380 e. The van der Waals surface area contributed by atoms with Crippen LogP contribution in [0.15, 0.2) is 36.4 Å². The molecule has 110 valence electrons. The number of nitrogens with zero attached hydrogens (tertiary/aromatic N) is 1. The fraction of sp³-hybridized carbons (Fsp3) is 0.200. The van der Waals surface area contributed by atoms with E-state index in [1.165, 1.54) is 6.07 Å². The van der Waals surface area contributed by atoms with Gasteiger partial charge < -0.3 is 10.6 Å². The summed E-state index contributed by atoms with van der Waals surface area (Å²) in [5.41, 5.74) is 1.64. The standard InChI is InChI=1S/C15H16FN3O2/c1-3-17-12-5-4-6-13(15(12)19(20)21)18-14-9-10(2)7-8-11(14)16/h4-9,17-18H,3H2,1-2H3. The third kappa shape index (κ3) is 3.28. The van der Waals surface area contributed by atoms with E-state index in [1.54, 1.807) is 30.3 Å². The molecule has 0 spiro atoms. The number of nitrogens with one attached hydrogen (secondary N) is 2. The molecule has 0 fully saturated rings. The fourth-order valence-corrected chi connectivity index (χ4v) is 2.05. The van der Waals surface area contributed by atoms with E-state index in [1.807, 2.05) is 13.8 Å². The van der Waals surface area contributed by atoms with Gasteiger partial charge >= 0.3 is 5.69 Å². The van der Waals surface area contributed by atoms with Crippen LogP contribution in [0.3, 0.4) is 0 Å². The summed E-state index contributed by atoms with van der Waals surface area (Å²) in [6.07, 6.45) is 0. The number of para-hydroxylation sites is 1. The van der Waals surface area contributed by atoms with Gasteiger partial charge in [-0.15, -0.1) is 0 Å². The Hall–Kier alpha value is -2.63. The molecule has 2 aromatic rings. The van der Waals surface area contributed by atoms with E-state index < -0.39 is 10.7 Å². The Morgan fingerprint density at radius 3 is 2.57 bits per heavy atom. The molecule has 0 aliphatic carbocycles. The van der Waals surface area contributed by atoms with Gasteiger partial charge in [-0.3, -0.25) is 10.1 Å². The highest BCUT2D eigenvalue weighted by atomic mass is 19.1. The topological polar surface area (TPSA) is 67.2 Å². The first-order valence-corrected chi connectivity index (χ1v) is 6.57. The number of hydrogen-bond donors (Lipinski definition) is 2. The molecule has 2 N–H and O–H groups in total. The van der Waals surface area contributed by atoms with Crippen LogP contribution in [0.2, 0.25) is 0 Å². The van der Waals surface area contributed by atoms with Crippen LogP contribution in [0.1, 0.15) is 12.5 Å². The number of benzene rings is 2. The van der Waals surface area contributed by atoms with E-state index in [0.717, 1.165) is 5.56 Å². The minimum absolute atomic E-state index is 0.0970. The number of halogens is 1. The predicted molar refractivity (Wildman–Crippen MR) is 81.7 cm³/mol. The summed E-state index contributed by atoms with van der Waals surface area (Å²) >= 11 is 0. The van der Waals surface area contributed by atoms with E-state index in [9.17, 15) is 14.5 Å². The average Bonchev–Trinajstić information content (AvgIpc) is 2.43. The predicted octanol–water partition coefficient (Wildman–Crippen LogP) is 4.22.